The molecule has 1 rings (SSSR count). The first-order valence-electron chi connectivity index (χ1n) is 5.62. The van der Waals surface area contributed by atoms with E-state index in [1.807, 2.05) is 0 Å². The van der Waals surface area contributed by atoms with Crippen LogP contribution in [0.3, 0.4) is 0 Å². The molecule has 0 heterocycles. The van der Waals surface area contributed by atoms with Gasteiger partial charge in [0, 0.05) is 6.54 Å². The van der Waals surface area contributed by atoms with Crippen molar-refractivity contribution < 1.29 is 0 Å². The van der Waals surface area contributed by atoms with E-state index < -0.39 is 0 Å². The fourth-order valence-corrected chi connectivity index (χ4v) is 2.21. The van der Waals surface area contributed by atoms with Crippen LogP contribution in [0.15, 0.2) is 0 Å². The first kappa shape index (κ1) is 11.0. The van der Waals surface area contributed by atoms with Gasteiger partial charge in [0.05, 0.1) is 0 Å². The lowest BCUT2D eigenvalue weighted by Crippen LogP contribution is -2.39. The van der Waals surface area contributed by atoms with Gasteiger partial charge in [-0.3, -0.25) is 0 Å². The summed E-state index contributed by atoms with van der Waals surface area (Å²) in [5.41, 5.74) is 1.18. The molecule has 13 heavy (non-hydrogen) atoms. The van der Waals surface area contributed by atoms with E-state index >= 15 is 0 Å². The van der Waals surface area contributed by atoms with Crippen molar-refractivity contribution in [2.75, 3.05) is 13.6 Å². The average Bonchev–Trinajstić information content (AvgIpc) is 1.92. The van der Waals surface area contributed by atoms with Crippen molar-refractivity contribution in [1.82, 2.24) is 5.32 Å². The van der Waals surface area contributed by atoms with Gasteiger partial charge in [0.2, 0.25) is 0 Å². The van der Waals surface area contributed by atoms with Gasteiger partial charge in [-0.05, 0) is 43.6 Å². The quantitative estimate of drug-likeness (QED) is 0.705. The summed E-state index contributed by atoms with van der Waals surface area (Å²) in [5, 5.41) is 3.35. The summed E-state index contributed by atoms with van der Waals surface area (Å²) < 4.78 is 0. The molecule has 0 radical (unpaired) electrons. The molecular formula is C12H25N. The van der Waals surface area contributed by atoms with Crippen LogP contribution in [-0.4, -0.2) is 13.6 Å². The fraction of sp³-hybridized carbons (Fsp3) is 1.00. The monoisotopic (exact) mass is 183 g/mol. The summed E-state index contributed by atoms with van der Waals surface area (Å²) in [6.07, 6.45) is 7.13. The van der Waals surface area contributed by atoms with Crippen LogP contribution in [0.5, 0.6) is 0 Å². The van der Waals surface area contributed by atoms with E-state index in [0.29, 0.717) is 10.8 Å². The van der Waals surface area contributed by atoms with Crippen LogP contribution in [0.2, 0.25) is 0 Å². The van der Waals surface area contributed by atoms with Gasteiger partial charge in [0.15, 0.2) is 0 Å². The molecule has 1 N–H and O–H groups in total. The molecule has 0 spiro atoms. The molecule has 0 aliphatic heterocycles. The van der Waals surface area contributed by atoms with E-state index in [4.69, 9.17) is 0 Å². The van der Waals surface area contributed by atoms with Gasteiger partial charge in [-0.2, -0.15) is 0 Å². The van der Waals surface area contributed by atoms with Crippen molar-refractivity contribution in [2.24, 2.45) is 10.8 Å². The highest BCUT2D eigenvalue weighted by atomic mass is 14.8. The van der Waals surface area contributed by atoms with E-state index in [1.54, 1.807) is 0 Å². The minimum Gasteiger partial charge on any atom is -0.319 e. The van der Waals surface area contributed by atoms with Gasteiger partial charge in [-0.1, -0.05) is 27.2 Å². The predicted molar refractivity (Wildman–Crippen MR) is 58.9 cm³/mol. The van der Waals surface area contributed by atoms with E-state index in [0.717, 1.165) is 0 Å². The van der Waals surface area contributed by atoms with Gasteiger partial charge in [0.1, 0.15) is 0 Å². The lowest BCUT2D eigenvalue weighted by Gasteiger charge is -2.43. The normalized spacial score (nSPS) is 21.2. The lowest BCUT2D eigenvalue weighted by atomic mass is 9.64. The van der Waals surface area contributed by atoms with Gasteiger partial charge in [0.25, 0.3) is 0 Å². The molecule has 1 aliphatic rings. The third kappa shape index (κ3) is 3.30. The molecule has 0 aromatic heterocycles. The van der Waals surface area contributed by atoms with Crippen LogP contribution in [0, 0.1) is 10.8 Å². The number of nitrogens with one attached hydrogen (secondary N) is 1. The van der Waals surface area contributed by atoms with Crippen LogP contribution in [0.1, 0.15) is 52.9 Å². The predicted octanol–water partition coefficient (Wildman–Crippen LogP) is 3.20. The van der Waals surface area contributed by atoms with Gasteiger partial charge >= 0.3 is 0 Å². The van der Waals surface area contributed by atoms with Crippen LogP contribution >= 0.6 is 0 Å². The van der Waals surface area contributed by atoms with Gasteiger partial charge in [-0.25, -0.2) is 0 Å². The Balaban J connectivity index is 2.32. The summed E-state index contributed by atoms with van der Waals surface area (Å²) in [5.74, 6) is 0. The molecule has 1 heteroatoms. The van der Waals surface area contributed by atoms with E-state index in [1.165, 1.54) is 38.6 Å². The Bertz CT molecular complexity index is 151. The summed E-state index contributed by atoms with van der Waals surface area (Å²) in [7, 11) is 2.08. The van der Waals surface area contributed by atoms with Crippen molar-refractivity contribution in [3.05, 3.63) is 0 Å². The van der Waals surface area contributed by atoms with Crippen LogP contribution < -0.4 is 5.32 Å². The highest BCUT2D eigenvalue weighted by Gasteiger charge is 2.36. The van der Waals surface area contributed by atoms with Crippen LogP contribution in [0.4, 0.5) is 0 Å². The first-order valence-corrected chi connectivity index (χ1v) is 5.62. The molecule has 0 atom stereocenters. The minimum absolute atomic E-state index is 0.510. The van der Waals surface area contributed by atoms with Crippen molar-refractivity contribution in [2.45, 2.75) is 52.9 Å². The van der Waals surface area contributed by atoms with Gasteiger partial charge < -0.3 is 5.32 Å². The largest absolute Gasteiger partial charge is 0.319 e. The van der Waals surface area contributed by atoms with Gasteiger partial charge in [-0.15, -0.1) is 0 Å². The average molecular weight is 183 g/mol. The van der Waals surface area contributed by atoms with Crippen molar-refractivity contribution in [3.63, 3.8) is 0 Å². The molecule has 1 aliphatic carbocycles. The van der Waals surface area contributed by atoms with E-state index in [9.17, 15) is 0 Å². The third-order valence-corrected chi connectivity index (χ3v) is 3.37. The zero-order valence-electron chi connectivity index (χ0n) is 9.74. The second-order valence-electron chi connectivity index (χ2n) is 5.94. The molecular weight excluding hydrogens is 158 g/mol. The summed E-state index contributed by atoms with van der Waals surface area (Å²) in [6.45, 7) is 8.26. The first-order chi connectivity index (χ1) is 5.97. The molecule has 0 aromatic rings. The molecule has 1 fully saturated rings. The summed E-state index contributed by atoms with van der Waals surface area (Å²) in [4.78, 5) is 0. The molecule has 0 saturated heterocycles. The van der Waals surface area contributed by atoms with Crippen LogP contribution in [-0.2, 0) is 0 Å². The number of hydrogen-bond donors (Lipinski definition) is 1. The van der Waals surface area contributed by atoms with Crippen molar-refractivity contribution >= 4 is 0 Å². The molecule has 1 nitrogen and oxygen atoms in total. The second-order valence-corrected chi connectivity index (χ2v) is 5.94. The smallest absolute Gasteiger partial charge is 0.000481 e. The standard InChI is InChI=1S/C12H25N/c1-11(2,3)8-9-12(10-13-4)6-5-7-12/h13H,5-10H2,1-4H3. The molecule has 0 unspecified atom stereocenters. The third-order valence-electron chi connectivity index (χ3n) is 3.37. The number of hydrogen-bond acceptors (Lipinski definition) is 1. The molecule has 0 bridgehead atoms. The molecule has 0 amide bonds. The molecule has 0 aromatic carbocycles. The molecule has 1 saturated carbocycles. The lowest BCUT2D eigenvalue weighted by molar-refractivity contribution is 0.100. The summed E-state index contributed by atoms with van der Waals surface area (Å²) in [6, 6.07) is 0. The van der Waals surface area contributed by atoms with E-state index in [-0.39, 0.29) is 0 Å². The Morgan fingerprint density at radius 3 is 2.15 bits per heavy atom. The second kappa shape index (κ2) is 4.00. The Hall–Kier alpha value is -0.0400. The fourth-order valence-electron chi connectivity index (χ4n) is 2.21. The Labute approximate surface area is 83.3 Å². The highest BCUT2D eigenvalue weighted by molar-refractivity contribution is 4.90. The minimum atomic E-state index is 0.510. The highest BCUT2D eigenvalue weighted by Crippen LogP contribution is 2.46. The molecule has 78 valence electrons. The topological polar surface area (TPSA) is 12.0 Å². The zero-order chi connectivity index (χ0) is 9.95. The Morgan fingerprint density at radius 1 is 1.23 bits per heavy atom. The Kier molecular flexibility index (Phi) is 3.39. The maximum atomic E-state index is 3.35. The van der Waals surface area contributed by atoms with Crippen LogP contribution in [0.25, 0.3) is 0 Å². The van der Waals surface area contributed by atoms with E-state index in [2.05, 4.69) is 33.1 Å². The van der Waals surface area contributed by atoms with Crippen molar-refractivity contribution in [3.8, 4) is 0 Å². The van der Waals surface area contributed by atoms with Crippen molar-refractivity contribution in [1.29, 1.82) is 0 Å². The zero-order valence-corrected chi connectivity index (χ0v) is 9.74. The maximum Gasteiger partial charge on any atom is 0.000481 e. The Morgan fingerprint density at radius 2 is 1.85 bits per heavy atom. The number of rotatable bonds is 4. The maximum absolute atomic E-state index is 3.35. The summed E-state index contributed by atoms with van der Waals surface area (Å²) >= 11 is 0. The SMILES string of the molecule is CNCC1(CCC(C)(C)C)CCC1.